The van der Waals surface area contributed by atoms with Gasteiger partial charge in [0.15, 0.2) is 13.1 Å². The van der Waals surface area contributed by atoms with Gasteiger partial charge in [-0.3, -0.25) is 0 Å². The zero-order valence-corrected chi connectivity index (χ0v) is 18.4. The van der Waals surface area contributed by atoms with Gasteiger partial charge in [0.05, 0.1) is 0 Å². The van der Waals surface area contributed by atoms with Gasteiger partial charge in [0, 0.05) is 0 Å². The first kappa shape index (κ1) is 21.9. The molecule has 7 unspecified atom stereocenters. The highest BCUT2D eigenvalue weighted by molar-refractivity contribution is 8.07. The molecule has 0 saturated heterocycles. The van der Waals surface area contributed by atoms with E-state index in [4.69, 9.17) is 0 Å². The first-order valence-corrected chi connectivity index (χ1v) is 11.8. The van der Waals surface area contributed by atoms with E-state index in [1.54, 1.807) is 0 Å². The Morgan fingerprint density at radius 3 is 2.36 bits per heavy atom. The molecule has 2 radical (unpaired) electrons. The van der Waals surface area contributed by atoms with Crippen LogP contribution in [0.15, 0.2) is 12.2 Å². The van der Waals surface area contributed by atoms with E-state index in [9.17, 15) is 0 Å². The van der Waals surface area contributed by atoms with Crippen LogP contribution in [0.1, 0.15) is 78.6 Å². The molecule has 2 rings (SSSR count). The molecule has 0 aliphatic heterocycles. The summed E-state index contributed by atoms with van der Waals surface area (Å²) in [5.41, 5.74) is 0. The van der Waals surface area contributed by atoms with Crippen molar-refractivity contribution in [1.82, 2.24) is 0 Å². The van der Waals surface area contributed by atoms with Crippen molar-refractivity contribution in [2.45, 2.75) is 90.2 Å². The van der Waals surface area contributed by atoms with Gasteiger partial charge in [-0.25, -0.2) is 25.0 Å². The van der Waals surface area contributed by atoms with E-state index in [-0.39, 0.29) is 0 Å². The maximum atomic E-state index is 4.60. The molecular weight excluding hydrogens is 338 g/mol. The van der Waals surface area contributed by atoms with E-state index >= 15 is 0 Å². The van der Waals surface area contributed by atoms with E-state index in [1.807, 2.05) is 0 Å². The summed E-state index contributed by atoms with van der Waals surface area (Å²) in [6.07, 6.45) is 17.1. The molecule has 4 heteroatoms. The van der Waals surface area contributed by atoms with Crippen molar-refractivity contribution in [2.75, 3.05) is 0 Å². The fourth-order valence-electron chi connectivity index (χ4n) is 5.95. The second-order valence-electron chi connectivity index (χ2n) is 8.72. The highest BCUT2D eigenvalue weighted by Gasteiger charge is 2.40. The Bertz CT molecular complexity index is 401. The molecule has 140 valence electrons. The molecule has 0 bridgehead atoms. The van der Waals surface area contributed by atoms with E-state index in [0.717, 1.165) is 35.4 Å². The van der Waals surface area contributed by atoms with Crippen molar-refractivity contribution in [2.24, 2.45) is 29.6 Å². The Hall–Kier alpha value is 0.570. The van der Waals surface area contributed by atoms with Crippen molar-refractivity contribution >= 4 is 38.1 Å². The maximum Gasteiger partial charge on any atom is 0.191 e. The monoisotopic (exact) mass is 376 g/mol. The average Bonchev–Trinajstić information content (AvgIpc) is 3.18. The van der Waals surface area contributed by atoms with Crippen LogP contribution in [-0.4, -0.2) is 13.1 Å². The largest absolute Gasteiger partial charge is 0.235 e. The smallest absolute Gasteiger partial charge is 0.191 e. The lowest BCUT2D eigenvalue weighted by Crippen LogP contribution is -2.20. The first-order chi connectivity index (χ1) is 12.2. The highest BCUT2D eigenvalue weighted by atomic mass is 32.1. The van der Waals surface area contributed by atoms with Gasteiger partial charge in [-0.2, -0.15) is 0 Å². The Kier molecular flexibility index (Phi) is 9.99. The van der Waals surface area contributed by atoms with Crippen LogP contribution < -0.4 is 0 Å². The summed E-state index contributed by atoms with van der Waals surface area (Å²) in [6.45, 7) is 11.3. The third-order valence-electron chi connectivity index (χ3n) is 6.95. The lowest BCUT2D eigenvalue weighted by molar-refractivity contribution is 0.247. The third kappa shape index (κ3) is 6.03. The van der Waals surface area contributed by atoms with Gasteiger partial charge in [0.2, 0.25) is 0 Å². The van der Waals surface area contributed by atoms with Gasteiger partial charge < -0.3 is 0 Å². The molecule has 0 spiro atoms. The highest BCUT2D eigenvalue weighted by Crippen LogP contribution is 2.51. The fourth-order valence-corrected chi connectivity index (χ4v) is 6.66. The molecule has 2 aliphatic carbocycles. The Labute approximate surface area is 169 Å². The maximum absolute atomic E-state index is 4.60. The number of allylic oxidation sites excluding steroid dienone is 2. The van der Waals surface area contributed by atoms with Gasteiger partial charge in [-0.05, 0) is 55.8 Å². The van der Waals surface area contributed by atoms with Crippen LogP contribution in [0.4, 0.5) is 0 Å². The first-order valence-electron chi connectivity index (χ1n) is 10.7. The summed E-state index contributed by atoms with van der Waals surface area (Å²) in [5.74, 6) is 5.78. The molecule has 0 aromatic heterocycles. The molecule has 2 aliphatic rings. The molecule has 7 atom stereocenters. The lowest BCUT2D eigenvalue weighted by atomic mass is 9.68. The molecule has 2 fully saturated rings. The lowest BCUT2D eigenvalue weighted by Gasteiger charge is -2.30. The standard InChI is InChI=1S/C21H38B2S2/c1-4-7-15-12-19(21(13-15)23-25)17(8-5-2)10-16-11-18(9-6-3)20(14-16)22-24/h4,7,15-21,24-25H,5-6,8-14H2,1-3H3/b7-4+. The predicted molar refractivity (Wildman–Crippen MR) is 122 cm³/mol. The van der Waals surface area contributed by atoms with Crippen LogP contribution in [0, 0.1) is 29.6 Å². The number of thiol groups is 2. The molecule has 0 nitrogen and oxygen atoms in total. The van der Waals surface area contributed by atoms with Crippen LogP contribution >= 0.6 is 25.0 Å². The van der Waals surface area contributed by atoms with Crippen LogP contribution in [0.2, 0.25) is 11.6 Å². The van der Waals surface area contributed by atoms with Gasteiger partial charge in [0.1, 0.15) is 0 Å². The van der Waals surface area contributed by atoms with Crippen molar-refractivity contribution < 1.29 is 0 Å². The van der Waals surface area contributed by atoms with Crippen LogP contribution in [0.25, 0.3) is 0 Å². The van der Waals surface area contributed by atoms with Gasteiger partial charge in [0.25, 0.3) is 0 Å². The van der Waals surface area contributed by atoms with Crippen LogP contribution in [0.3, 0.4) is 0 Å². The number of hydrogen-bond acceptors (Lipinski definition) is 2. The van der Waals surface area contributed by atoms with Gasteiger partial charge >= 0.3 is 0 Å². The Balaban J connectivity index is 2.00. The van der Waals surface area contributed by atoms with Gasteiger partial charge in [-0.1, -0.05) is 76.2 Å². The second kappa shape index (κ2) is 11.4. The fraction of sp³-hybridized carbons (Fsp3) is 0.905. The van der Waals surface area contributed by atoms with Crippen LogP contribution in [0.5, 0.6) is 0 Å². The number of rotatable bonds is 10. The molecular formula is C21H38B2S2. The summed E-state index contributed by atoms with van der Waals surface area (Å²) < 4.78 is 0. The van der Waals surface area contributed by atoms with E-state index in [2.05, 4.69) is 71.0 Å². The van der Waals surface area contributed by atoms with Crippen molar-refractivity contribution in [1.29, 1.82) is 0 Å². The summed E-state index contributed by atoms with van der Waals surface area (Å²) >= 11 is 9.15. The summed E-state index contributed by atoms with van der Waals surface area (Å²) in [4.78, 5) is 0. The minimum absolute atomic E-state index is 0.709. The quantitative estimate of drug-likeness (QED) is 0.231. The topological polar surface area (TPSA) is 0 Å². The molecule has 0 aromatic rings. The Morgan fingerprint density at radius 1 is 1.00 bits per heavy atom. The van der Waals surface area contributed by atoms with Crippen molar-refractivity contribution in [3.05, 3.63) is 12.2 Å². The molecule has 0 amide bonds. The molecule has 0 heterocycles. The second-order valence-corrected chi connectivity index (χ2v) is 9.31. The summed E-state index contributed by atoms with van der Waals surface area (Å²) in [6, 6.07) is 0. The summed E-state index contributed by atoms with van der Waals surface area (Å²) in [7, 11) is 0. The molecule has 25 heavy (non-hydrogen) atoms. The minimum Gasteiger partial charge on any atom is -0.235 e. The van der Waals surface area contributed by atoms with E-state index < -0.39 is 0 Å². The van der Waals surface area contributed by atoms with Crippen molar-refractivity contribution in [3.8, 4) is 0 Å². The predicted octanol–water partition coefficient (Wildman–Crippen LogP) is 6.90. The molecule has 0 N–H and O–H groups in total. The molecule has 0 aromatic carbocycles. The summed E-state index contributed by atoms with van der Waals surface area (Å²) in [5, 5.41) is 0. The van der Waals surface area contributed by atoms with E-state index in [1.165, 1.54) is 57.8 Å². The third-order valence-corrected chi connectivity index (χ3v) is 7.72. The number of hydrogen-bond donors (Lipinski definition) is 2. The SMILES string of the molecule is C/C=C/C1CC([B]S)C(C(CCC)CC2CC([B]S)C(CCC)C2)C1. The Morgan fingerprint density at radius 2 is 1.76 bits per heavy atom. The zero-order chi connectivity index (χ0) is 18.2. The van der Waals surface area contributed by atoms with E-state index in [0.29, 0.717) is 5.82 Å². The minimum atomic E-state index is 0.709. The van der Waals surface area contributed by atoms with Crippen LogP contribution in [-0.2, 0) is 0 Å². The normalized spacial score (nSPS) is 36.8. The van der Waals surface area contributed by atoms with Crippen molar-refractivity contribution in [3.63, 3.8) is 0 Å². The zero-order valence-electron chi connectivity index (χ0n) is 16.6. The average molecular weight is 376 g/mol. The molecule has 2 saturated carbocycles. The van der Waals surface area contributed by atoms with Gasteiger partial charge in [-0.15, -0.1) is 0 Å².